The van der Waals surface area contributed by atoms with E-state index in [1.165, 1.54) is 49.4 Å². The minimum absolute atomic E-state index is 0.981. The molecule has 0 amide bonds. The summed E-state index contributed by atoms with van der Waals surface area (Å²) in [5.41, 5.74) is 1.44. The number of hydrogen-bond acceptors (Lipinski definition) is 1. The SMILES string of the molecule is CC[Si]1(OCCCc2ccccc2)CCCCC1. The molecular weight excluding hydrogens is 236 g/mol. The highest BCUT2D eigenvalue weighted by Crippen LogP contribution is 2.32. The molecule has 2 heteroatoms. The van der Waals surface area contributed by atoms with Crippen LogP contribution in [-0.4, -0.2) is 14.9 Å². The Kier molecular flexibility index (Phi) is 5.45. The lowest BCUT2D eigenvalue weighted by atomic mass is 10.1. The Labute approximate surface area is 113 Å². The summed E-state index contributed by atoms with van der Waals surface area (Å²) in [6.45, 7) is 3.32. The molecule has 100 valence electrons. The molecule has 0 radical (unpaired) electrons. The van der Waals surface area contributed by atoms with Crippen LogP contribution >= 0.6 is 0 Å². The summed E-state index contributed by atoms with van der Waals surface area (Å²) >= 11 is 0. The molecule has 0 N–H and O–H groups in total. The van der Waals surface area contributed by atoms with Crippen LogP contribution in [-0.2, 0) is 10.8 Å². The Bertz CT molecular complexity index is 330. The Hall–Kier alpha value is -0.603. The molecule has 0 unspecified atom stereocenters. The molecule has 18 heavy (non-hydrogen) atoms. The lowest BCUT2D eigenvalue weighted by molar-refractivity contribution is 0.285. The maximum atomic E-state index is 6.38. The average Bonchev–Trinajstić information content (AvgIpc) is 2.46. The molecule has 0 spiro atoms. The van der Waals surface area contributed by atoms with Crippen LogP contribution in [0.1, 0.15) is 38.2 Å². The second-order valence-electron chi connectivity index (χ2n) is 5.53. The van der Waals surface area contributed by atoms with Crippen molar-refractivity contribution in [1.29, 1.82) is 0 Å². The molecule has 1 aromatic rings. The third-order valence-corrected chi connectivity index (χ3v) is 8.90. The van der Waals surface area contributed by atoms with Gasteiger partial charge in [0.05, 0.1) is 0 Å². The van der Waals surface area contributed by atoms with Gasteiger partial charge in [0.15, 0.2) is 8.32 Å². The second kappa shape index (κ2) is 7.10. The molecule has 0 saturated carbocycles. The van der Waals surface area contributed by atoms with Crippen molar-refractivity contribution in [2.24, 2.45) is 0 Å². The largest absolute Gasteiger partial charge is 0.417 e. The molecule has 1 aliphatic rings. The maximum absolute atomic E-state index is 6.38. The monoisotopic (exact) mass is 262 g/mol. The Morgan fingerprint density at radius 2 is 1.78 bits per heavy atom. The summed E-state index contributed by atoms with van der Waals surface area (Å²) in [7, 11) is -1.29. The van der Waals surface area contributed by atoms with E-state index in [4.69, 9.17) is 4.43 Å². The van der Waals surface area contributed by atoms with Crippen LogP contribution in [0.5, 0.6) is 0 Å². The zero-order chi connectivity index (χ0) is 12.7. The van der Waals surface area contributed by atoms with E-state index in [9.17, 15) is 0 Å². The first-order valence-corrected chi connectivity index (χ1v) is 10.1. The first-order valence-electron chi connectivity index (χ1n) is 7.52. The first-order chi connectivity index (χ1) is 8.85. The van der Waals surface area contributed by atoms with Gasteiger partial charge in [0.2, 0.25) is 0 Å². The van der Waals surface area contributed by atoms with Crippen molar-refractivity contribution in [2.45, 2.75) is 57.2 Å². The van der Waals surface area contributed by atoms with Crippen LogP contribution in [0, 0.1) is 0 Å². The van der Waals surface area contributed by atoms with Crippen molar-refractivity contribution in [2.75, 3.05) is 6.61 Å². The van der Waals surface area contributed by atoms with E-state index in [0.717, 1.165) is 13.0 Å². The molecule has 0 atom stereocenters. The van der Waals surface area contributed by atoms with Crippen LogP contribution in [0.15, 0.2) is 30.3 Å². The molecule has 1 aromatic carbocycles. The first kappa shape index (κ1) is 13.8. The van der Waals surface area contributed by atoms with Crippen molar-refractivity contribution < 1.29 is 4.43 Å². The predicted molar refractivity (Wildman–Crippen MR) is 80.4 cm³/mol. The van der Waals surface area contributed by atoms with Crippen LogP contribution in [0.4, 0.5) is 0 Å². The van der Waals surface area contributed by atoms with Crippen molar-refractivity contribution in [3.8, 4) is 0 Å². The van der Waals surface area contributed by atoms with Crippen molar-refractivity contribution >= 4 is 8.32 Å². The van der Waals surface area contributed by atoms with E-state index in [0.29, 0.717) is 0 Å². The summed E-state index contributed by atoms with van der Waals surface area (Å²) in [5, 5.41) is 0. The van der Waals surface area contributed by atoms with Gasteiger partial charge in [0.1, 0.15) is 0 Å². The number of benzene rings is 1. The fraction of sp³-hybridized carbons (Fsp3) is 0.625. The topological polar surface area (TPSA) is 9.23 Å². The molecule has 0 aromatic heterocycles. The van der Waals surface area contributed by atoms with Gasteiger partial charge >= 0.3 is 0 Å². The normalized spacial score (nSPS) is 18.7. The summed E-state index contributed by atoms with van der Waals surface area (Å²) in [6.07, 6.45) is 6.60. The van der Waals surface area contributed by atoms with Crippen LogP contribution in [0.2, 0.25) is 18.1 Å². The maximum Gasteiger partial charge on any atom is 0.192 e. The number of rotatable bonds is 6. The van der Waals surface area contributed by atoms with Crippen molar-refractivity contribution in [3.63, 3.8) is 0 Å². The van der Waals surface area contributed by atoms with Gasteiger partial charge in [0, 0.05) is 6.61 Å². The molecule has 1 aliphatic heterocycles. The van der Waals surface area contributed by atoms with Crippen LogP contribution in [0.25, 0.3) is 0 Å². The Morgan fingerprint density at radius 1 is 1.06 bits per heavy atom. The quantitative estimate of drug-likeness (QED) is 0.529. The molecule has 1 nitrogen and oxygen atoms in total. The Balaban J connectivity index is 1.71. The van der Waals surface area contributed by atoms with Crippen LogP contribution < -0.4 is 0 Å². The van der Waals surface area contributed by atoms with E-state index in [-0.39, 0.29) is 0 Å². The average molecular weight is 262 g/mol. The molecule has 1 fully saturated rings. The molecule has 0 aliphatic carbocycles. The highest BCUT2D eigenvalue weighted by atomic mass is 28.4. The highest BCUT2D eigenvalue weighted by molar-refractivity contribution is 6.73. The van der Waals surface area contributed by atoms with E-state index in [2.05, 4.69) is 37.3 Å². The zero-order valence-corrected chi connectivity index (χ0v) is 12.7. The lowest BCUT2D eigenvalue weighted by Gasteiger charge is -2.34. The standard InChI is InChI=1S/C16H26OSi/c1-2-18(14-7-4-8-15-18)17-13-9-12-16-10-5-3-6-11-16/h3,5-6,10-11H,2,4,7-9,12-15H2,1H3. The molecule has 2 rings (SSSR count). The third-order valence-electron chi connectivity index (χ3n) is 4.27. The highest BCUT2D eigenvalue weighted by Gasteiger charge is 2.34. The fourth-order valence-corrected chi connectivity index (χ4v) is 6.82. The predicted octanol–water partition coefficient (Wildman–Crippen LogP) is 4.79. The van der Waals surface area contributed by atoms with Gasteiger partial charge in [-0.2, -0.15) is 0 Å². The molecule has 1 saturated heterocycles. The fourth-order valence-electron chi connectivity index (χ4n) is 3.01. The zero-order valence-electron chi connectivity index (χ0n) is 11.7. The van der Waals surface area contributed by atoms with Gasteiger partial charge in [0.25, 0.3) is 0 Å². The van der Waals surface area contributed by atoms with E-state index >= 15 is 0 Å². The van der Waals surface area contributed by atoms with Gasteiger partial charge < -0.3 is 4.43 Å². The van der Waals surface area contributed by atoms with Crippen molar-refractivity contribution in [3.05, 3.63) is 35.9 Å². The van der Waals surface area contributed by atoms with Gasteiger partial charge in [-0.15, -0.1) is 0 Å². The van der Waals surface area contributed by atoms with Gasteiger partial charge in [-0.05, 0) is 36.5 Å². The van der Waals surface area contributed by atoms with E-state index < -0.39 is 8.32 Å². The van der Waals surface area contributed by atoms with E-state index in [1.54, 1.807) is 0 Å². The van der Waals surface area contributed by atoms with Gasteiger partial charge in [-0.25, -0.2) is 0 Å². The summed E-state index contributed by atoms with van der Waals surface area (Å²) in [5.74, 6) is 0. The van der Waals surface area contributed by atoms with E-state index in [1.807, 2.05) is 0 Å². The summed E-state index contributed by atoms with van der Waals surface area (Å²) in [4.78, 5) is 0. The minimum Gasteiger partial charge on any atom is -0.417 e. The Morgan fingerprint density at radius 3 is 2.44 bits per heavy atom. The molecular formula is C16H26OSi. The second-order valence-corrected chi connectivity index (χ2v) is 9.90. The smallest absolute Gasteiger partial charge is 0.192 e. The lowest BCUT2D eigenvalue weighted by Crippen LogP contribution is -2.39. The molecule has 1 heterocycles. The third kappa shape index (κ3) is 3.96. The minimum atomic E-state index is -1.29. The van der Waals surface area contributed by atoms with Gasteiger partial charge in [-0.3, -0.25) is 0 Å². The number of aryl methyl sites for hydroxylation is 1. The molecule has 0 bridgehead atoms. The summed E-state index contributed by atoms with van der Waals surface area (Å²) < 4.78 is 6.38. The van der Waals surface area contributed by atoms with Crippen molar-refractivity contribution in [1.82, 2.24) is 0 Å². The summed E-state index contributed by atoms with van der Waals surface area (Å²) in [6, 6.07) is 14.9. The van der Waals surface area contributed by atoms with Crippen LogP contribution in [0.3, 0.4) is 0 Å². The van der Waals surface area contributed by atoms with Gasteiger partial charge in [-0.1, -0.05) is 56.5 Å². The number of hydrogen-bond donors (Lipinski definition) is 0.